The van der Waals surface area contributed by atoms with Crippen LogP contribution in [0.15, 0.2) is 65.6 Å². The van der Waals surface area contributed by atoms with Gasteiger partial charge in [0, 0.05) is 32.6 Å². The Bertz CT molecular complexity index is 1490. The van der Waals surface area contributed by atoms with Crippen LogP contribution < -0.4 is 10.2 Å². The van der Waals surface area contributed by atoms with Crippen molar-refractivity contribution < 1.29 is 39.6 Å². The number of amides is 1. The van der Waals surface area contributed by atoms with Crippen LogP contribution in [0, 0.1) is 5.82 Å². The summed E-state index contributed by atoms with van der Waals surface area (Å²) in [5.41, 5.74) is 0.286. The third-order valence-electron chi connectivity index (χ3n) is 6.25. The maximum Gasteiger partial charge on any atom is 0.416 e. The topological polar surface area (TPSA) is 82.6 Å². The van der Waals surface area contributed by atoms with E-state index in [9.17, 15) is 39.6 Å². The summed E-state index contributed by atoms with van der Waals surface area (Å²) in [5, 5.41) is 2.48. The molecule has 1 fully saturated rings. The third kappa shape index (κ3) is 6.39. The fourth-order valence-corrected chi connectivity index (χ4v) is 5.81. The lowest BCUT2D eigenvalue weighted by atomic mass is 10.1. The number of aromatic nitrogens is 1. The molecule has 0 bridgehead atoms. The van der Waals surface area contributed by atoms with Gasteiger partial charge in [-0.05, 0) is 54.1 Å². The number of benzene rings is 2. The number of hydrogen-bond acceptors (Lipinski definition) is 5. The Morgan fingerprint density at radius 1 is 1.07 bits per heavy atom. The minimum absolute atomic E-state index is 0.206. The molecule has 1 amide bonds. The first kappa shape index (κ1) is 29.3. The summed E-state index contributed by atoms with van der Waals surface area (Å²) in [5.74, 6) is -4.75. The number of carbonyl (C=O) groups is 1. The highest BCUT2D eigenvalue weighted by Crippen LogP contribution is 2.36. The minimum Gasteiger partial charge on any atom is -0.363 e. The van der Waals surface area contributed by atoms with Gasteiger partial charge in [-0.1, -0.05) is 12.1 Å². The normalized spacial score (nSPS) is 17.6. The molecule has 0 spiro atoms. The lowest BCUT2D eigenvalue weighted by molar-refractivity contribution is -0.137. The van der Waals surface area contributed by atoms with Gasteiger partial charge in [0.05, 0.1) is 22.7 Å². The molecule has 0 aliphatic carbocycles. The van der Waals surface area contributed by atoms with E-state index in [-0.39, 0.29) is 6.54 Å². The van der Waals surface area contributed by atoms with Crippen LogP contribution >= 0.6 is 0 Å². The Labute approximate surface area is 226 Å². The molecule has 1 atom stereocenters. The van der Waals surface area contributed by atoms with E-state index in [1.165, 1.54) is 18.2 Å². The second kappa shape index (κ2) is 10.7. The number of pyridine rings is 1. The van der Waals surface area contributed by atoms with Gasteiger partial charge in [0.2, 0.25) is 15.9 Å². The largest absolute Gasteiger partial charge is 0.416 e. The molecule has 0 radical (unpaired) electrons. The van der Waals surface area contributed by atoms with E-state index in [2.05, 4.69) is 10.3 Å². The highest BCUT2D eigenvalue weighted by molar-refractivity contribution is 7.89. The quantitative estimate of drug-likeness (QED) is 0.407. The smallest absolute Gasteiger partial charge is 0.363 e. The summed E-state index contributed by atoms with van der Waals surface area (Å²) >= 11 is 0. The van der Waals surface area contributed by atoms with E-state index in [1.54, 1.807) is 25.1 Å². The van der Waals surface area contributed by atoms with Gasteiger partial charge in [-0.2, -0.15) is 17.5 Å². The summed E-state index contributed by atoms with van der Waals surface area (Å²) < 4.78 is 107. The fourth-order valence-electron chi connectivity index (χ4n) is 4.19. The number of carbonyl (C=O) groups excluding carboxylic acids is 1. The van der Waals surface area contributed by atoms with Crippen molar-refractivity contribution in [2.24, 2.45) is 0 Å². The van der Waals surface area contributed by atoms with E-state index in [0.717, 1.165) is 36.4 Å². The maximum atomic E-state index is 14.3. The highest BCUT2D eigenvalue weighted by Gasteiger charge is 2.52. The van der Waals surface area contributed by atoms with Crippen molar-refractivity contribution in [1.29, 1.82) is 0 Å². The molecule has 1 aliphatic heterocycles. The van der Waals surface area contributed by atoms with E-state index in [1.807, 2.05) is 0 Å². The molecule has 3 aromatic rings. The SMILES string of the molecule is CN(C)c1cc(CNC(=O)[C@@H]2CC(F)(F)CN2S(=O)(=O)c2ccc(F)cc2)cc(-c2ccc(C(F)(F)F)cc2)n1. The summed E-state index contributed by atoms with van der Waals surface area (Å²) in [6, 6.07) is 9.32. The molecular weight excluding hydrogens is 562 g/mol. The first-order valence-electron chi connectivity index (χ1n) is 11.9. The number of hydrogen-bond donors (Lipinski definition) is 1. The van der Waals surface area contributed by atoms with Crippen molar-refractivity contribution >= 4 is 21.7 Å². The fraction of sp³-hybridized carbons (Fsp3) is 0.308. The molecule has 1 saturated heterocycles. The first-order valence-corrected chi connectivity index (χ1v) is 13.3. The van der Waals surface area contributed by atoms with Crippen molar-refractivity contribution in [2.45, 2.75) is 36.0 Å². The first-order chi connectivity index (χ1) is 18.6. The molecule has 1 aliphatic rings. The van der Waals surface area contributed by atoms with Crippen LogP contribution in [0.4, 0.5) is 32.2 Å². The van der Waals surface area contributed by atoms with Crippen LogP contribution in [0.3, 0.4) is 0 Å². The lowest BCUT2D eigenvalue weighted by Gasteiger charge is -2.23. The molecule has 0 saturated carbocycles. The van der Waals surface area contributed by atoms with Gasteiger partial charge in [-0.15, -0.1) is 0 Å². The van der Waals surface area contributed by atoms with Crippen molar-refractivity contribution in [3.05, 3.63) is 77.6 Å². The molecule has 214 valence electrons. The zero-order chi connectivity index (χ0) is 29.5. The second-order valence-corrected chi connectivity index (χ2v) is 11.4. The standard InChI is InChI=1S/C26H24F6N4O3S/c1-35(2)23-12-16(11-21(34-23)17-3-5-18(6-4-17)26(30,31)32)14-33-24(37)22-13-25(28,29)15-36(22)40(38,39)20-9-7-19(27)8-10-20/h3-12,22H,13-15H2,1-2H3,(H,33,37)/t22-/m0/s1. The molecule has 2 aromatic carbocycles. The monoisotopic (exact) mass is 586 g/mol. The summed E-state index contributed by atoms with van der Waals surface area (Å²) in [6.45, 7) is -1.43. The van der Waals surface area contributed by atoms with Crippen LogP contribution in [0.2, 0.25) is 0 Å². The molecule has 14 heteroatoms. The molecule has 1 aromatic heterocycles. The molecule has 0 unspecified atom stereocenters. The molecular formula is C26H24F6N4O3S. The lowest BCUT2D eigenvalue weighted by Crippen LogP contribution is -2.45. The molecule has 40 heavy (non-hydrogen) atoms. The predicted octanol–water partition coefficient (Wildman–Crippen LogP) is 4.69. The number of nitrogens with zero attached hydrogens (tertiary/aromatic N) is 3. The highest BCUT2D eigenvalue weighted by atomic mass is 32.2. The van der Waals surface area contributed by atoms with Crippen LogP contribution in [-0.2, 0) is 27.5 Å². The van der Waals surface area contributed by atoms with Crippen molar-refractivity contribution in [3.8, 4) is 11.3 Å². The number of nitrogens with one attached hydrogen (secondary N) is 1. The maximum absolute atomic E-state index is 14.3. The summed E-state index contributed by atoms with van der Waals surface area (Å²) in [4.78, 5) is 18.6. The Hall–Kier alpha value is -3.65. The van der Waals surface area contributed by atoms with E-state index < -0.39 is 63.3 Å². The third-order valence-corrected chi connectivity index (χ3v) is 8.12. The Kier molecular flexibility index (Phi) is 7.87. The van der Waals surface area contributed by atoms with Gasteiger partial charge in [0.15, 0.2) is 0 Å². The van der Waals surface area contributed by atoms with Gasteiger partial charge in [-0.3, -0.25) is 4.79 Å². The number of rotatable bonds is 7. The van der Waals surface area contributed by atoms with Gasteiger partial charge in [0.25, 0.3) is 5.92 Å². The van der Waals surface area contributed by atoms with Crippen LogP contribution in [0.1, 0.15) is 17.5 Å². The number of anilines is 1. The summed E-state index contributed by atoms with van der Waals surface area (Å²) in [7, 11) is -1.19. The number of alkyl halides is 5. The minimum atomic E-state index is -4.55. The number of halogens is 6. The van der Waals surface area contributed by atoms with Crippen LogP contribution in [-0.4, -0.2) is 56.2 Å². The van der Waals surface area contributed by atoms with Gasteiger partial charge in [0.1, 0.15) is 17.7 Å². The molecule has 2 heterocycles. The van der Waals surface area contributed by atoms with Gasteiger partial charge in [-0.25, -0.2) is 26.6 Å². The number of sulfonamides is 1. The predicted molar refractivity (Wildman–Crippen MR) is 134 cm³/mol. The summed E-state index contributed by atoms with van der Waals surface area (Å²) in [6.07, 6.45) is -5.56. The van der Waals surface area contributed by atoms with Crippen molar-refractivity contribution in [2.75, 3.05) is 25.5 Å². The average Bonchev–Trinajstić information content (AvgIpc) is 3.23. The van der Waals surface area contributed by atoms with Gasteiger partial charge < -0.3 is 10.2 Å². The Morgan fingerprint density at radius 3 is 2.27 bits per heavy atom. The molecule has 7 nitrogen and oxygen atoms in total. The van der Waals surface area contributed by atoms with Crippen molar-refractivity contribution in [3.63, 3.8) is 0 Å². The van der Waals surface area contributed by atoms with E-state index >= 15 is 0 Å². The Morgan fingerprint density at radius 2 is 1.70 bits per heavy atom. The van der Waals surface area contributed by atoms with Crippen molar-refractivity contribution in [1.82, 2.24) is 14.6 Å². The molecule has 1 N–H and O–H groups in total. The zero-order valence-corrected chi connectivity index (χ0v) is 22.0. The molecule has 4 rings (SSSR count). The second-order valence-electron chi connectivity index (χ2n) is 9.49. The Balaban J connectivity index is 1.57. The zero-order valence-electron chi connectivity index (χ0n) is 21.2. The van der Waals surface area contributed by atoms with Crippen LogP contribution in [0.5, 0.6) is 0 Å². The van der Waals surface area contributed by atoms with E-state index in [0.29, 0.717) is 26.9 Å². The van der Waals surface area contributed by atoms with Gasteiger partial charge >= 0.3 is 6.18 Å². The van der Waals surface area contributed by atoms with Crippen LogP contribution in [0.25, 0.3) is 11.3 Å². The van der Waals surface area contributed by atoms with E-state index in [4.69, 9.17) is 0 Å². The average molecular weight is 587 g/mol.